The van der Waals surface area contributed by atoms with Crippen LogP contribution in [0.4, 0.5) is 0 Å². The summed E-state index contributed by atoms with van der Waals surface area (Å²) in [5, 5.41) is 1.28. The van der Waals surface area contributed by atoms with Gasteiger partial charge in [-0.2, -0.15) is 0 Å². The Bertz CT molecular complexity index is 948. The Morgan fingerprint density at radius 2 is 1.73 bits per heavy atom. The van der Waals surface area contributed by atoms with Gasteiger partial charge in [-0.1, -0.05) is 18.5 Å². The number of hydrogen-bond donors (Lipinski definition) is 0. The van der Waals surface area contributed by atoms with E-state index in [2.05, 4.69) is 15.0 Å². The van der Waals surface area contributed by atoms with Crippen LogP contribution in [0.25, 0.3) is 22.2 Å². The van der Waals surface area contributed by atoms with Crippen molar-refractivity contribution in [2.24, 2.45) is 0 Å². The number of rotatable bonds is 5. The van der Waals surface area contributed by atoms with Gasteiger partial charge in [0.05, 0.1) is 32.0 Å². The molecule has 0 radical (unpaired) electrons. The van der Waals surface area contributed by atoms with E-state index in [1.807, 2.05) is 19.9 Å². The summed E-state index contributed by atoms with van der Waals surface area (Å²) in [5.74, 6) is 2.34. The van der Waals surface area contributed by atoms with E-state index in [4.69, 9.17) is 25.8 Å². The predicted molar refractivity (Wildman–Crippen MR) is 102 cm³/mol. The lowest BCUT2D eigenvalue weighted by atomic mass is 10.0. The summed E-state index contributed by atoms with van der Waals surface area (Å²) < 4.78 is 16.3. The molecule has 7 heteroatoms. The molecule has 6 nitrogen and oxygen atoms in total. The second-order valence-corrected chi connectivity index (χ2v) is 6.07. The fraction of sp³-hybridized carbons (Fsp3) is 0.316. The molecule has 0 fully saturated rings. The fourth-order valence-corrected chi connectivity index (χ4v) is 3.22. The summed E-state index contributed by atoms with van der Waals surface area (Å²) in [7, 11) is 4.74. The standard InChI is InChI=1S/C19H20ClN3O3/c1-6-15-21-9-11-7-12(22-19(26-5)18(11)23-15)16-10(2)13(24-3)8-14(25-4)17(16)20/h7-9H,6H2,1-5H3. The molecule has 0 spiro atoms. The van der Waals surface area contributed by atoms with Crippen molar-refractivity contribution in [3.63, 3.8) is 0 Å². The fourth-order valence-electron chi connectivity index (χ4n) is 2.85. The van der Waals surface area contributed by atoms with E-state index in [-0.39, 0.29) is 0 Å². The maximum atomic E-state index is 6.58. The monoisotopic (exact) mass is 373 g/mol. The number of aromatic nitrogens is 3. The molecule has 1 aromatic carbocycles. The Morgan fingerprint density at radius 3 is 2.35 bits per heavy atom. The molecule has 0 bridgehead atoms. The minimum Gasteiger partial charge on any atom is -0.496 e. The Morgan fingerprint density at radius 1 is 1.00 bits per heavy atom. The van der Waals surface area contributed by atoms with Crippen LogP contribution in [0.2, 0.25) is 5.02 Å². The number of pyridine rings is 1. The molecule has 26 heavy (non-hydrogen) atoms. The third-order valence-corrected chi connectivity index (χ3v) is 4.61. The highest BCUT2D eigenvalue weighted by Gasteiger charge is 2.20. The van der Waals surface area contributed by atoms with E-state index in [1.165, 1.54) is 0 Å². The van der Waals surface area contributed by atoms with Crippen LogP contribution in [0.15, 0.2) is 18.3 Å². The lowest BCUT2D eigenvalue weighted by Crippen LogP contribution is -2.00. The van der Waals surface area contributed by atoms with Gasteiger partial charge in [-0.3, -0.25) is 0 Å². The zero-order valence-electron chi connectivity index (χ0n) is 15.4. The molecule has 136 valence electrons. The average molecular weight is 374 g/mol. The summed E-state index contributed by atoms with van der Waals surface area (Å²) in [4.78, 5) is 13.5. The van der Waals surface area contributed by atoms with Crippen molar-refractivity contribution in [2.75, 3.05) is 21.3 Å². The molecular weight excluding hydrogens is 354 g/mol. The average Bonchev–Trinajstić information content (AvgIpc) is 2.67. The minimum absolute atomic E-state index is 0.423. The zero-order valence-corrected chi connectivity index (χ0v) is 16.1. The van der Waals surface area contributed by atoms with E-state index in [0.717, 1.165) is 28.8 Å². The van der Waals surface area contributed by atoms with Gasteiger partial charge in [0.25, 0.3) is 0 Å². The van der Waals surface area contributed by atoms with Crippen LogP contribution in [0.3, 0.4) is 0 Å². The minimum atomic E-state index is 0.423. The van der Waals surface area contributed by atoms with Crippen LogP contribution in [0.5, 0.6) is 17.4 Å². The normalized spacial score (nSPS) is 10.8. The summed E-state index contributed by atoms with van der Waals surface area (Å²) in [6.07, 6.45) is 2.51. The van der Waals surface area contributed by atoms with Crippen molar-refractivity contribution in [3.05, 3.63) is 34.7 Å². The van der Waals surface area contributed by atoms with Crippen molar-refractivity contribution in [2.45, 2.75) is 20.3 Å². The lowest BCUT2D eigenvalue weighted by Gasteiger charge is -2.16. The highest BCUT2D eigenvalue weighted by Crippen LogP contribution is 2.43. The van der Waals surface area contributed by atoms with E-state index < -0.39 is 0 Å². The number of aryl methyl sites for hydroxylation is 1. The van der Waals surface area contributed by atoms with Gasteiger partial charge >= 0.3 is 0 Å². The van der Waals surface area contributed by atoms with Crippen molar-refractivity contribution in [3.8, 4) is 28.6 Å². The van der Waals surface area contributed by atoms with Crippen molar-refractivity contribution in [1.82, 2.24) is 15.0 Å². The molecule has 3 aromatic rings. The number of nitrogens with zero attached hydrogens (tertiary/aromatic N) is 3. The molecule has 0 saturated carbocycles. The van der Waals surface area contributed by atoms with Crippen LogP contribution in [0.1, 0.15) is 18.3 Å². The molecular formula is C19H20ClN3O3. The molecule has 0 saturated heterocycles. The Labute approximate surface area is 157 Å². The first-order valence-electron chi connectivity index (χ1n) is 8.16. The van der Waals surface area contributed by atoms with E-state index >= 15 is 0 Å². The molecule has 0 N–H and O–H groups in total. The summed E-state index contributed by atoms with van der Waals surface area (Å²) in [6.45, 7) is 3.93. The number of ether oxygens (including phenoxy) is 3. The summed E-state index contributed by atoms with van der Waals surface area (Å²) in [6, 6.07) is 3.65. The molecule has 0 aliphatic heterocycles. The third-order valence-electron chi connectivity index (χ3n) is 4.23. The van der Waals surface area contributed by atoms with Crippen LogP contribution < -0.4 is 14.2 Å². The largest absolute Gasteiger partial charge is 0.496 e. The molecule has 0 aliphatic rings. The van der Waals surface area contributed by atoms with Gasteiger partial charge in [0, 0.05) is 35.2 Å². The van der Waals surface area contributed by atoms with Gasteiger partial charge in [0.1, 0.15) is 22.8 Å². The van der Waals surface area contributed by atoms with Crippen molar-refractivity contribution < 1.29 is 14.2 Å². The molecule has 0 amide bonds. The number of hydrogen-bond acceptors (Lipinski definition) is 6. The van der Waals surface area contributed by atoms with Gasteiger partial charge in [0.15, 0.2) is 0 Å². The second-order valence-electron chi connectivity index (χ2n) is 5.69. The second kappa shape index (κ2) is 7.33. The Hall–Kier alpha value is -2.60. The molecule has 0 atom stereocenters. The molecule has 0 unspecified atom stereocenters. The maximum Gasteiger partial charge on any atom is 0.241 e. The van der Waals surface area contributed by atoms with Gasteiger partial charge in [-0.15, -0.1) is 0 Å². The van der Waals surface area contributed by atoms with E-state index in [0.29, 0.717) is 33.6 Å². The summed E-state index contributed by atoms with van der Waals surface area (Å²) in [5.41, 5.74) is 2.90. The number of halogens is 1. The first kappa shape index (κ1) is 18.2. The Kier molecular flexibility index (Phi) is 5.13. The van der Waals surface area contributed by atoms with Gasteiger partial charge < -0.3 is 14.2 Å². The van der Waals surface area contributed by atoms with Crippen molar-refractivity contribution in [1.29, 1.82) is 0 Å². The predicted octanol–water partition coefficient (Wildman–Crippen LogP) is 4.24. The van der Waals surface area contributed by atoms with Crippen LogP contribution >= 0.6 is 11.6 Å². The first-order chi connectivity index (χ1) is 12.5. The Balaban J connectivity index is 2.32. The van der Waals surface area contributed by atoms with E-state index in [9.17, 15) is 0 Å². The van der Waals surface area contributed by atoms with Gasteiger partial charge in [0.2, 0.25) is 5.88 Å². The van der Waals surface area contributed by atoms with Crippen molar-refractivity contribution >= 4 is 22.5 Å². The quantitative estimate of drug-likeness (QED) is 0.666. The molecule has 0 aliphatic carbocycles. The smallest absolute Gasteiger partial charge is 0.241 e. The third kappa shape index (κ3) is 3.01. The van der Waals surface area contributed by atoms with Crippen LogP contribution in [-0.2, 0) is 6.42 Å². The SMILES string of the molecule is CCc1ncc2cc(-c3c(C)c(OC)cc(OC)c3Cl)nc(OC)c2n1. The number of methoxy groups -OCH3 is 3. The zero-order chi connectivity index (χ0) is 18.8. The topological polar surface area (TPSA) is 66.4 Å². The summed E-state index contributed by atoms with van der Waals surface area (Å²) >= 11 is 6.58. The highest BCUT2D eigenvalue weighted by atomic mass is 35.5. The van der Waals surface area contributed by atoms with Crippen LogP contribution in [0, 0.1) is 6.92 Å². The number of fused-ring (bicyclic) bond motifs is 1. The van der Waals surface area contributed by atoms with Crippen LogP contribution in [-0.4, -0.2) is 36.3 Å². The number of benzene rings is 1. The molecule has 3 rings (SSSR count). The van der Waals surface area contributed by atoms with Gasteiger partial charge in [-0.25, -0.2) is 15.0 Å². The molecule has 2 aromatic heterocycles. The molecule has 2 heterocycles. The highest BCUT2D eigenvalue weighted by molar-refractivity contribution is 6.35. The van der Waals surface area contributed by atoms with E-state index in [1.54, 1.807) is 33.6 Å². The van der Waals surface area contributed by atoms with Gasteiger partial charge in [-0.05, 0) is 13.0 Å². The first-order valence-corrected chi connectivity index (χ1v) is 8.53. The lowest BCUT2D eigenvalue weighted by molar-refractivity contribution is 0.392. The maximum absolute atomic E-state index is 6.58.